The molecule has 0 saturated carbocycles. The Morgan fingerprint density at radius 3 is 2.77 bits per heavy atom. The van der Waals surface area contributed by atoms with Gasteiger partial charge in [-0.25, -0.2) is 0 Å². The third-order valence-corrected chi connectivity index (χ3v) is 3.71. The van der Waals surface area contributed by atoms with Gasteiger partial charge in [-0.2, -0.15) is 5.10 Å². The van der Waals surface area contributed by atoms with Crippen LogP contribution >= 0.6 is 12.2 Å². The average Bonchev–Trinajstić information content (AvgIpc) is 2.89. The van der Waals surface area contributed by atoms with Crippen molar-refractivity contribution in [3.8, 4) is 28.6 Å². The SMILES string of the molecule is COc1cccc(-n2c(-c3ccc(O)cc3C)n[nH]c2=S)c1. The van der Waals surface area contributed by atoms with Crippen LogP contribution in [0.15, 0.2) is 42.5 Å². The highest BCUT2D eigenvalue weighted by Gasteiger charge is 2.13. The number of phenolic OH excluding ortho intramolecular Hbond substituents is 1. The highest BCUT2D eigenvalue weighted by molar-refractivity contribution is 7.71. The molecular formula is C16H15N3O2S. The first-order chi connectivity index (χ1) is 10.6. The molecule has 1 aromatic heterocycles. The number of benzene rings is 2. The highest BCUT2D eigenvalue weighted by atomic mass is 32.1. The molecule has 0 amide bonds. The molecule has 1 heterocycles. The second-order valence-corrected chi connectivity index (χ2v) is 5.28. The quantitative estimate of drug-likeness (QED) is 0.725. The standard InChI is InChI=1S/C16H15N3O2S/c1-10-8-12(20)6-7-14(10)15-17-18-16(22)19(15)11-4-3-5-13(9-11)21-2/h3-9,20H,1-2H3,(H,18,22). The molecule has 2 aromatic carbocycles. The zero-order valence-corrected chi connectivity index (χ0v) is 13.0. The molecule has 0 aliphatic rings. The zero-order valence-electron chi connectivity index (χ0n) is 12.2. The van der Waals surface area contributed by atoms with Crippen LogP contribution in [0.4, 0.5) is 0 Å². The van der Waals surface area contributed by atoms with Crippen molar-refractivity contribution >= 4 is 12.2 Å². The van der Waals surface area contributed by atoms with Gasteiger partial charge in [0.2, 0.25) is 0 Å². The highest BCUT2D eigenvalue weighted by Crippen LogP contribution is 2.28. The number of hydrogen-bond acceptors (Lipinski definition) is 4. The molecule has 3 rings (SSSR count). The van der Waals surface area contributed by atoms with Crippen molar-refractivity contribution in [2.45, 2.75) is 6.92 Å². The Balaban J connectivity index is 2.21. The van der Waals surface area contributed by atoms with Gasteiger partial charge >= 0.3 is 0 Å². The number of nitrogens with zero attached hydrogens (tertiary/aromatic N) is 2. The van der Waals surface area contributed by atoms with Crippen LogP contribution in [0.5, 0.6) is 11.5 Å². The van der Waals surface area contributed by atoms with E-state index >= 15 is 0 Å². The molecule has 3 aromatic rings. The fourth-order valence-corrected chi connectivity index (χ4v) is 2.60. The monoisotopic (exact) mass is 313 g/mol. The first-order valence-electron chi connectivity index (χ1n) is 6.72. The van der Waals surface area contributed by atoms with E-state index in [-0.39, 0.29) is 5.75 Å². The summed E-state index contributed by atoms with van der Waals surface area (Å²) in [6, 6.07) is 12.8. The second-order valence-electron chi connectivity index (χ2n) is 4.89. The van der Waals surface area contributed by atoms with E-state index in [1.54, 1.807) is 19.2 Å². The fourth-order valence-electron chi connectivity index (χ4n) is 2.37. The molecule has 0 spiro atoms. The lowest BCUT2D eigenvalue weighted by atomic mass is 10.1. The van der Waals surface area contributed by atoms with E-state index in [4.69, 9.17) is 17.0 Å². The number of H-pyrrole nitrogens is 1. The van der Waals surface area contributed by atoms with E-state index in [2.05, 4.69) is 10.2 Å². The molecule has 0 saturated heterocycles. The van der Waals surface area contributed by atoms with E-state index in [1.807, 2.05) is 41.8 Å². The molecule has 0 fully saturated rings. The molecule has 0 aliphatic heterocycles. The van der Waals surface area contributed by atoms with Crippen LogP contribution in [0, 0.1) is 11.7 Å². The summed E-state index contributed by atoms with van der Waals surface area (Å²) in [6.07, 6.45) is 0. The summed E-state index contributed by atoms with van der Waals surface area (Å²) in [5.74, 6) is 1.66. The number of phenols is 1. The van der Waals surface area contributed by atoms with Gasteiger partial charge in [-0.1, -0.05) is 6.07 Å². The Morgan fingerprint density at radius 1 is 1.23 bits per heavy atom. The van der Waals surface area contributed by atoms with Crippen LogP contribution in [0.2, 0.25) is 0 Å². The molecule has 2 N–H and O–H groups in total. The topological polar surface area (TPSA) is 63.1 Å². The molecule has 0 bridgehead atoms. The zero-order chi connectivity index (χ0) is 15.7. The lowest BCUT2D eigenvalue weighted by Crippen LogP contribution is -1.99. The van der Waals surface area contributed by atoms with Crippen LogP contribution in [0.25, 0.3) is 17.1 Å². The maximum Gasteiger partial charge on any atom is 0.200 e. The molecule has 22 heavy (non-hydrogen) atoms. The molecular weight excluding hydrogens is 298 g/mol. The van der Waals surface area contributed by atoms with E-state index in [0.29, 0.717) is 10.6 Å². The van der Waals surface area contributed by atoms with E-state index < -0.39 is 0 Å². The van der Waals surface area contributed by atoms with Gasteiger partial charge in [0.05, 0.1) is 12.8 Å². The summed E-state index contributed by atoms with van der Waals surface area (Å²) in [7, 11) is 1.62. The molecule has 0 unspecified atom stereocenters. The van der Waals surface area contributed by atoms with Crippen LogP contribution < -0.4 is 4.74 Å². The number of hydrogen-bond donors (Lipinski definition) is 2. The summed E-state index contributed by atoms with van der Waals surface area (Å²) < 4.78 is 7.61. The van der Waals surface area contributed by atoms with Gasteiger partial charge in [0, 0.05) is 11.6 Å². The van der Waals surface area contributed by atoms with Crippen molar-refractivity contribution in [2.75, 3.05) is 7.11 Å². The van der Waals surface area contributed by atoms with Gasteiger partial charge in [0.15, 0.2) is 10.6 Å². The summed E-state index contributed by atoms with van der Waals surface area (Å²) in [4.78, 5) is 0. The molecule has 6 heteroatoms. The van der Waals surface area contributed by atoms with Gasteiger partial charge in [-0.15, -0.1) is 0 Å². The molecule has 5 nitrogen and oxygen atoms in total. The predicted octanol–water partition coefficient (Wildman–Crippen LogP) is 3.62. The number of methoxy groups -OCH3 is 1. The van der Waals surface area contributed by atoms with Crippen molar-refractivity contribution in [1.82, 2.24) is 14.8 Å². The average molecular weight is 313 g/mol. The Labute approximate surface area is 132 Å². The third kappa shape index (κ3) is 2.48. The number of aromatic nitrogens is 3. The van der Waals surface area contributed by atoms with E-state index in [9.17, 15) is 5.11 Å². The van der Waals surface area contributed by atoms with Crippen molar-refractivity contribution < 1.29 is 9.84 Å². The molecule has 112 valence electrons. The van der Waals surface area contributed by atoms with Crippen molar-refractivity contribution in [3.05, 3.63) is 52.8 Å². The number of rotatable bonds is 3. The number of aromatic amines is 1. The maximum atomic E-state index is 9.57. The van der Waals surface area contributed by atoms with E-state index in [1.165, 1.54) is 0 Å². The molecule has 0 aliphatic carbocycles. The lowest BCUT2D eigenvalue weighted by molar-refractivity contribution is 0.414. The second kappa shape index (κ2) is 5.65. The normalized spacial score (nSPS) is 10.6. The minimum atomic E-state index is 0.225. The fraction of sp³-hybridized carbons (Fsp3) is 0.125. The minimum Gasteiger partial charge on any atom is -0.508 e. The summed E-state index contributed by atoms with van der Waals surface area (Å²) in [6.45, 7) is 1.92. The van der Waals surface area contributed by atoms with Crippen molar-refractivity contribution in [2.24, 2.45) is 0 Å². The number of nitrogens with one attached hydrogen (secondary N) is 1. The van der Waals surface area contributed by atoms with Gasteiger partial charge in [-0.3, -0.25) is 9.67 Å². The van der Waals surface area contributed by atoms with Crippen molar-refractivity contribution in [1.29, 1.82) is 0 Å². The maximum absolute atomic E-state index is 9.57. The summed E-state index contributed by atoms with van der Waals surface area (Å²) in [5.41, 5.74) is 2.67. The van der Waals surface area contributed by atoms with Gasteiger partial charge in [0.1, 0.15) is 11.5 Å². The first-order valence-corrected chi connectivity index (χ1v) is 7.13. The number of aryl methyl sites for hydroxylation is 1. The van der Waals surface area contributed by atoms with Crippen LogP contribution in [0.3, 0.4) is 0 Å². The smallest absolute Gasteiger partial charge is 0.200 e. The number of ether oxygens (including phenoxy) is 1. The van der Waals surface area contributed by atoms with Gasteiger partial charge in [-0.05, 0) is 55.0 Å². The number of aromatic hydroxyl groups is 1. The third-order valence-electron chi connectivity index (χ3n) is 3.43. The Kier molecular flexibility index (Phi) is 3.68. The minimum absolute atomic E-state index is 0.225. The molecule has 0 radical (unpaired) electrons. The Bertz CT molecular complexity index is 883. The van der Waals surface area contributed by atoms with E-state index in [0.717, 1.165) is 22.6 Å². The Morgan fingerprint density at radius 2 is 2.05 bits per heavy atom. The van der Waals surface area contributed by atoms with Crippen LogP contribution in [-0.2, 0) is 0 Å². The van der Waals surface area contributed by atoms with Crippen molar-refractivity contribution in [3.63, 3.8) is 0 Å². The molecule has 0 atom stereocenters. The van der Waals surface area contributed by atoms with Crippen LogP contribution in [-0.4, -0.2) is 27.0 Å². The first kappa shape index (κ1) is 14.3. The van der Waals surface area contributed by atoms with Gasteiger partial charge < -0.3 is 9.84 Å². The van der Waals surface area contributed by atoms with Crippen LogP contribution in [0.1, 0.15) is 5.56 Å². The Hall–Kier alpha value is -2.60. The summed E-state index contributed by atoms with van der Waals surface area (Å²) >= 11 is 5.36. The summed E-state index contributed by atoms with van der Waals surface area (Å²) in [5, 5.41) is 16.7. The van der Waals surface area contributed by atoms with Gasteiger partial charge in [0.25, 0.3) is 0 Å². The lowest BCUT2D eigenvalue weighted by Gasteiger charge is -2.10. The largest absolute Gasteiger partial charge is 0.508 e. The predicted molar refractivity (Wildman–Crippen MR) is 87.1 cm³/mol.